The van der Waals surface area contributed by atoms with E-state index >= 15 is 0 Å². The number of nitrogens with two attached hydrogens (primary N) is 1. The second-order valence-corrected chi connectivity index (χ2v) is 20.5. The SMILES string of the molecule is Nc1ncnc2c1c(-c1ccc(Oc3ccccc3)cc1)nn2C1CCCN(C(=O)CCCN2CCN(CCCCCCCCCCCSc3cccc4c3CN(C3CCC(=O)NC3=O)C4=O)CC2)C1. The van der Waals surface area contributed by atoms with Gasteiger partial charge >= 0.3 is 0 Å². The Morgan fingerprint density at radius 1 is 0.757 bits per heavy atom. The van der Waals surface area contributed by atoms with Gasteiger partial charge in [0.1, 0.15) is 35.4 Å². The first-order chi connectivity index (χ1) is 34.3. The predicted molar refractivity (Wildman–Crippen MR) is 273 cm³/mol. The van der Waals surface area contributed by atoms with Gasteiger partial charge in [-0.1, -0.05) is 69.2 Å². The molecule has 70 heavy (non-hydrogen) atoms. The third-order valence-corrected chi connectivity index (χ3v) is 15.7. The number of carbonyl (C=O) groups is 4. The first kappa shape index (κ1) is 49.2. The van der Waals surface area contributed by atoms with Gasteiger partial charge in [0.25, 0.3) is 5.91 Å². The van der Waals surface area contributed by atoms with E-state index in [1.165, 1.54) is 64.2 Å². The molecule has 3 fully saturated rings. The van der Waals surface area contributed by atoms with Gasteiger partial charge < -0.3 is 30.1 Å². The van der Waals surface area contributed by atoms with Gasteiger partial charge in [-0.25, -0.2) is 14.6 Å². The number of rotatable bonds is 22. The van der Waals surface area contributed by atoms with Gasteiger partial charge in [0, 0.05) is 74.7 Å². The van der Waals surface area contributed by atoms with E-state index in [9.17, 15) is 19.2 Å². The molecule has 0 bridgehead atoms. The van der Waals surface area contributed by atoms with Gasteiger partial charge in [0.2, 0.25) is 17.7 Å². The maximum absolute atomic E-state index is 13.6. The number of thioether (sulfide) groups is 1. The number of amides is 4. The molecule has 2 atom stereocenters. The van der Waals surface area contributed by atoms with Crippen molar-refractivity contribution in [1.82, 2.24) is 44.7 Å². The highest BCUT2D eigenvalue weighted by atomic mass is 32.2. The number of hydrogen-bond acceptors (Lipinski definition) is 12. The Kier molecular flexibility index (Phi) is 16.7. The van der Waals surface area contributed by atoms with Crippen LogP contribution in [0.15, 0.2) is 84.0 Å². The highest BCUT2D eigenvalue weighted by molar-refractivity contribution is 7.99. The number of anilines is 1. The van der Waals surface area contributed by atoms with Gasteiger partial charge in [0.05, 0.1) is 11.4 Å². The number of piperazine rings is 1. The van der Waals surface area contributed by atoms with Crippen LogP contribution < -0.4 is 15.8 Å². The van der Waals surface area contributed by atoms with Crippen molar-refractivity contribution in [2.24, 2.45) is 0 Å². The van der Waals surface area contributed by atoms with E-state index in [-0.39, 0.29) is 36.1 Å². The number of nitrogens with zero attached hydrogens (tertiary/aromatic N) is 8. The van der Waals surface area contributed by atoms with Crippen LogP contribution in [0.1, 0.15) is 118 Å². The summed E-state index contributed by atoms with van der Waals surface area (Å²) in [5, 5.41) is 8.20. The largest absolute Gasteiger partial charge is 0.457 e. The summed E-state index contributed by atoms with van der Waals surface area (Å²) in [5.41, 5.74) is 10.5. The molecule has 2 aromatic heterocycles. The van der Waals surface area contributed by atoms with Gasteiger partial charge in [-0.05, 0) is 111 Å². The highest BCUT2D eigenvalue weighted by Gasteiger charge is 2.40. The fourth-order valence-corrected chi connectivity index (χ4v) is 11.6. The molecular formula is C54H68N10O5S. The van der Waals surface area contributed by atoms with E-state index in [1.807, 2.05) is 88.1 Å². The molecule has 9 rings (SSSR count). The van der Waals surface area contributed by atoms with Crippen molar-refractivity contribution in [2.75, 3.05) is 63.8 Å². The number of piperidine rings is 2. The third-order valence-electron chi connectivity index (χ3n) is 14.5. The Morgan fingerprint density at radius 3 is 2.20 bits per heavy atom. The van der Waals surface area contributed by atoms with Crippen molar-refractivity contribution in [3.8, 4) is 22.8 Å². The summed E-state index contributed by atoms with van der Waals surface area (Å²) in [6.45, 7) is 8.27. The number of likely N-dealkylation sites (tertiary alicyclic amines) is 1. The lowest BCUT2D eigenvalue weighted by Gasteiger charge is -2.35. The number of nitrogens with one attached hydrogen (secondary N) is 1. The third kappa shape index (κ3) is 12.2. The molecule has 4 amide bonds. The number of nitrogen functional groups attached to an aromatic ring is 1. The molecular weight excluding hydrogens is 901 g/mol. The van der Waals surface area contributed by atoms with Crippen LogP contribution in [0.2, 0.25) is 0 Å². The summed E-state index contributed by atoms with van der Waals surface area (Å²) in [5.74, 6) is 2.38. The fraction of sp³-hybridized carbons (Fsp3) is 0.500. The Morgan fingerprint density at radius 2 is 1.46 bits per heavy atom. The zero-order valence-electron chi connectivity index (χ0n) is 40.4. The van der Waals surface area contributed by atoms with E-state index in [0.29, 0.717) is 43.0 Å². The summed E-state index contributed by atoms with van der Waals surface area (Å²) in [7, 11) is 0. The monoisotopic (exact) mass is 969 g/mol. The van der Waals surface area contributed by atoms with Crippen LogP contribution in [0.3, 0.4) is 0 Å². The molecule has 0 saturated carbocycles. The Hall–Kier alpha value is -5.84. The molecule has 3 aromatic carbocycles. The Balaban J connectivity index is 0.612. The van der Waals surface area contributed by atoms with Crippen LogP contribution in [-0.2, 0) is 20.9 Å². The van der Waals surface area contributed by atoms with Gasteiger partial charge in [-0.3, -0.25) is 24.5 Å². The molecule has 0 radical (unpaired) electrons. The maximum Gasteiger partial charge on any atom is 0.255 e. The average molecular weight is 969 g/mol. The van der Waals surface area contributed by atoms with Gasteiger partial charge in [-0.15, -0.1) is 11.8 Å². The van der Waals surface area contributed by atoms with Crippen LogP contribution in [-0.4, -0.2) is 127 Å². The zero-order valence-corrected chi connectivity index (χ0v) is 41.3. The van der Waals surface area contributed by atoms with Crippen LogP contribution >= 0.6 is 11.8 Å². The quantitative estimate of drug-likeness (QED) is 0.0386. The van der Waals surface area contributed by atoms with Crippen LogP contribution in [0, 0.1) is 0 Å². The number of aromatic nitrogens is 4. The number of unbranched alkanes of at least 4 members (excludes halogenated alkanes) is 8. The Labute approximate surface area is 415 Å². The van der Waals surface area contributed by atoms with E-state index in [0.717, 1.165) is 109 Å². The highest BCUT2D eigenvalue weighted by Crippen LogP contribution is 2.37. The fourth-order valence-electron chi connectivity index (χ4n) is 10.5. The molecule has 4 aliphatic heterocycles. The lowest BCUT2D eigenvalue weighted by Crippen LogP contribution is -2.52. The maximum atomic E-state index is 13.6. The molecule has 370 valence electrons. The van der Waals surface area contributed by atoms with E-state index in [4.69, 9.17) is 15.6 Å². The number of para-hydroxylation sites is 1. The van der Waals surface area contributed by atoms with E-state index < -0.39 is 6.04 Å². The van der Waals surface area contributed by atoms with Gasteiger partial charge in [-0.2, -0.15) is 5.10 Å². The van der Waals surface area contributed by atoms with Crippen molar-refractivity contribution >= 4 is 52.2 Å². The first-order valence-electron chi connectivity index (χ1n) is 25.7. The number of imide groups is 1. The number of ether oxygens (including phenoxy) is 1. The van der Waals surface area contributed by atoms with E-state index in [2.05, 4.69) is 31.2 Å². The molecule has 2 unspecified atom stereocenters. The van der Waals surface area contributed by atoms with Crippen LogP contribution in [0.25, 0.3) is 22.3 Å². The molecule has 3 saturated heterocycles. The minimum absolute atomic E-state index is 0.00646. The normalized spacial score (nSPS) is 18.9. The molecule has 0 spiro atoms. The summed E-state index contributed by atoms with van der Waals surface area (Å²) in [6, 6.07) is 22.8. The Bertz CT molecular complexity index is 2580. The van der Waals surface area contributed by atoms with Crippen LogP contribution in [0.4, 0.5) is 5.82 Å². The van der Waals surface area contributed by atoms with Crippen molar-refractivity contribution in [2.45, 2.75) is 120 Å². The minimum Gasteiger partial charge on any atom is -0.457 e. The van der Waals surface area contributed by atoms with Crippen molar-refractivity contribution < 1.29 is 23.9 Å². The smallest absolute Gasteiger partial charge is 0.255 e. The van der Waals surface area contributed by atoms with Gasteiger partial charge in [0.15, 0.2) is 5.65 Å². The molecule has 15 nitrogen and oxygen atoms in total. The number of benzene rings is 3. The topological polar surface area (TPSA) is 172 Å². The first-order valence-corrected chi connectivity index (χ1v) is 26.7. The molecule has 3 N–H and O–H groups in total. The predicted octanol–water partition coefficient (Wildman–Crippen LogP) is 8.49. The standard InChI is InChI=1S/C54H68N10O5S/c55-51-49-50(39-22-24-42(25-23-39)69-41-17-9-8-10-18-41)59-64(52(49)57-38-56-51)40-16-14-30-62(36-40)48(66)21-15-29-61-33-31-60(32-34-61)28-11-6-4-2-1-3-5-7-12-35-70-46-20-13-19-43-44(46)37-63(54(43)68)45-26-27-47(65)58-53(45)67/h8-10,13,17-20,22-25,38,40,45H,1-7,11-12,14-16,21,26-37H2,(H2,55,56,57)(H,58,65,67). The lowest BCUT2D eigenvalue weighted by atomic mass is 10.0. The van der Waals surface area contributed by atoms with Crippen LogP contribution in [0.5, 0.6) is 11.5 Å². The summed E-state index contributed by atoms with van der Waals surface area (Å²) in [6.07, 6.45) is 16.7. The zero-order chi connectivity index (χ0) is 48.2. The minimum atomic E-state index is -0.577. The summed E-state index contributed by atoms with van der Waals surface area (Å²) >= 11 is 1.81. The molecule has 6 heterocycles. The van der Waals surface area contributed by atoms with Crippen molar-refractivity contribution in [3.05, 3.63) is 90.3 Å². The second kappa shape index (κ2) is 23.8. The summed E-state index contributed by atoms with van der Waals surface area (Å²) in [4.78, 5) is 69.7. The number of carbonyl (C=O) groups excluding carboxylic acids is 4. The molecule has 5 aromatic rings. The van der Waals surface area contributed by atoms with Crippen molar-refractivity contribution in [1.29, 1.82) is 0 Å². The lowest BCUT2D eigenvalue weighted by molar-refractivity contribution is -0.137. The molecule has 16 heteroatoms. The van der Waals surface area contributed by atoms with Crippen molar-refractivity contribution in [3.63, 3.8) is 0 Å². The second-order valence-electron chi connectivity index (χ2n) is 19.3. The van der Waals surface area contributed by atoms with E-state index in [1.54, 1.807) is 4.90 Å². The number of hydrogen-bond donors (Lipinski definition) is 2. The molecule has 4 aliphatic rings. The number of fused-ring (bicyclic) bond motifs is 2. The average Bonchev–Trinajstić information content (AvgIpc) is 3.94. The summed E-state index contributed by atoms with van der Waals surface area (Å²) < 4.78 is 7.98. The molecule has 0 aliphatic carbocycles.